The molecule has 160 valence electrons. The van der Waals surface area contributed by atoms with Gasteiger partial charge in [0.05, 0.1) is 0 Å². The van der Waals surface area contributed by atoms with Gasteiger partial charge >= 0.3 is 0 Å². The molecule has 0 saturated heterocycles. The highest BCUT2D eigenvalue weighted by Crippen LogP contribution is 2.33. The van der Waals surface area contributed by atoms with Crippen molar-refractivity contribution in [3.63, 3.8) is 0 Å². The number of carbonyl (C=O) groups excluding carboxylic acids is 2. The number of alkyl halides is 1. The van der Waals surface area contributed by atoms with Crippen LogP contribution >= 0.6 is 23.2 Å². The van der Waals surface area contributed by atoms with Gasteiger partial charge in [0.2, 0.25) is 11.8 Å². The van der Waals surface area contributed by atoms with E-state index in [1.165, 1.54) is 29.2 Å². The summed E-state index contributed by atoms with van der Waals surface area (Å²) in [4.78, 5) is 27.7. The fourth-order valence-corrected chi connectivity index (χ4v) is 4.36. The maximum atomic E-state index is 13.5. The van der Waals surface area contributed by atoms with Gasteiger partial charge in [-0.3, -0.25) is 14.5 Å². The number of rotatable bonds is 6. The minimum Gasteiger partial charge on any atom is -0.351 e. The van der Waals surface area contributed by atoms with Gasteiger partial charge in [-0.15, -0.1) is 11.6 Å². The second kappa shape index (κ2) is 10.3. The van der Waals surface area contributed by atoms with Crippen LogP contribution in [0.5, 0.6) is 0 Å². The Balaban J connectivity index is 2.04. The number of nitrogens with zero attached hydrogens (tertiary/aromatic N) is 1. The zero-order valence-corrected chi connectivity index (χ0v) is 18.3. The summed E-state index contributed by atoms with van der Waals surface area (Å²) in [6.07, 6.45) is 4.13. The molecule has 1 saturated carbocycles. The van der Waals surface area contributed by atoms with Crippen molar-refractivity contribution < 1.29 is 14.0 Å². The van der Waals surface area contributed by atoms with E-state index in [1.807, 2.05) is 0 Å². The summed E-state index contributed by atoms with van der Waals surface area (Å²) in [5.41, 5.74) is 0.863. The average Bonchev–Trinajstić information content (AvgIpc) is 2.74. The third kappa shape index (κ3) is 5.13. The van der Waals surface area contributed by atoms with Gasteiger partial charge in [0, 0.05) is 22.3 Å². The normalized spacial score (nSPS) is 19.7. The Bertz CT molecular complexity index is 891. The van der Waals surface area contributed by atoms with Crippen LogP contribution in [0, 0.1) is 11.7 Å². The van der Waals surface area contributed by atoms with Crippen LogP contribution in [0.1, 0.15) is 44.2 Å². The minimum absolute atomic E-state index is 0.0254. The van der Waals surface area contributed by atoms with Crippen molar-refractivity contribution in [3.05, 3.63) is 64.9 Å². The van der Waals surface area contributed by atoms with Crippen molar-refractivity contribution in [1.82, 2.24) is 5.32 Å². The maximum absolute atomic E-state index is 13.5. The van der Waals surface area contributed by atoms with E-state index in [2.05, 4.69) is 12.2 Å². The number of hydrogen-bond donors (Lipinski definition) is 1. The molecule has 30 heavy (non-hydrogen) atoms. The van der Waals surface area contributed by atoms with E-state index >= 15 is 0 Å². The molecule has 1 aliphatic carbocycles. The Hall–Kier alpha value is -2.11. The van der Waals surface area contributed by atoms with Crippen LogP contribution in [0.3, 0.4) is 0 Å². The quantitative estimate of drug-likeness (QED) is 0.591. The number of nitrogens with one attached hydrogen (secondary N) is 1. The summed E-state index contributed by atoms with van der Waals surface area (Å²) >= 11 is 12.3. The summed E-state index contributed by atoms with van der Waals surface area (Å²) < 4.78 is 13.5. The molecular weight excluding hydrogens is 426 g/mol. The van der Waals surface area contributed by atoms with E-state index in [-0.39, 0.29) is 17.8 Å². The molecule has 0 heterocycles. The van der Waals surface area contributed by atoms with Crippen LogP contribution in [-0.2, 0) is 9.59 Å². The number of carbonyl (C=O) groups is 2. The predicted octanol–water partition coefficient (Wildman–Crippen LogP) is 5.49. The number of anilines is 1. The van der Waals surface area contributed by atoms with E-state index in [0.717, 1.165) is 25.7 Å². The molecule has 2 aromatic carbocycles. The standard InChI is InChI=1S/C23H25Cl2FN2O2/c1-15-6-2-5-9-20(15)27-23(30)22(18-7-3-4-8-19(18)25)28(21(29)14-24)17-12-10-16(26)11-13-17/h3-4,7-8,10-13,15,20,22H,2,5-6,9,14H2,1H3,(H,27,30). The van der Waals surface area contributed by atoms with Gasteiger partial charge < -0.3 is 5.32 Å². The van der Waals surface area contributed by atoms with Crippen molar-refractivity contribution in [1.29, 1.82) is 0 Å². The molecule has 7 heteroatoms. The van der Waals surface area contributed by atoms with Crippen molar-refractivity contribution in [2.24, 2.45) is 5.92 Å². The molecular formula is C23H25Cl2FN2O2. The Labute approximate surface area is 186 Å². The summed E-state index contributed by atoms with van der Waals surface area (Å²) in [5, 5.41) is 3.49. The van der Waals surface area contributed by atoms with E-state index in [0.29, 0.717) is 22.2 Å². The first kappa shape index (κ1) is 22.6. The second-order valence-corrected chi connectivity index (χ2v) is 8.35. The van der Waals surface area contributed by atoms with Gasteiger partial charge in [-0.25, -0.2) is 4.39 Å². The smallest absolute Gasteiger partial charge is 0.248 e. The SMILES string of the molecule is CC1CCCCC1NC(=O)C(c1ccccc1Cl)N(C(=O)CCl)c1ccc(F)cc1. The topological polar surface area (TPSA) is 49.4 Å². The lowest BCUT2D eigenvalue weighted by atomic mass is 9.85. The zero-order valence-electron chi connectivity index (χ0n) is 16.8. The number of benzene rings is 2. The molecule has 0 spiro atoms. The molecule has 0 bridgehead atoms. The maximum Gasteiger partial charge on any atom is 0.248 e. The zero-order chi connectivity index (χ0) is 21.7. The van der Waals surface area contributed by atoms with Crippen LogP contribution in [-0.4, -0.2) is 23.7 Å². The third-order valence-electron chi connectivity index (χ3n) is 5.63. The van der Waals surface area contributed by atoms with Gasteiger partial charge in [-0.2, -0.15) is 0 Å². The molecule has 4 nitrogen and oxygen atoms in total. The van der Waals surface area contributed by atoms with Gasteiger partial charge in [0.25, 0.3) is 0 Å². The summed E-state index contributed by atoms with van der Waals surface area (Å²) in [6.45, 7) is 2.12. The molecule has 3 atom stereocenters. The van der Waals surface area contributed by atoms with Crippen LogP contribution < -0.4 is 10.2 Å². The predicted molar refractivity (Wildman–Crippen MR) is 118 cm³/mol. The first-order valence-electron chi connectivity index (χ1n) is 10.1. The monoisotopic (exact) mass is 450 g/mol. The molecule has 3 rings (SSSR count). The number of halogens is 3. The second-order valence-electron chi connectivity index (χ2n) is 7.67. The van der Waals surface area contributed by atoms with E-state index in [9.17, 15) is 14.0 Å². The first-order valence-corrected chi connectivity index (χ1v) is 11.0. The molecule has 1 fully saturated rings. The minimum atomic E-state index is -1.02. The third-order valence-corrected chi connectivity index (χ3v) is 6.21. The van der Waals surface area contributed by atoms with Crippen molar-refractivity contribution in [2.45, 2.75) is 44.7 Å². The van der Waals surface area contributed by atoms with Crippen LogP contribution in [0.2, 0.25) is 5.02 Å². The molecule has 0 radical (unpaired) electrons. The molecule has 1 aliphatic rings. The Morgan fingerprint density at radius 1 is 1.13 bits per heavy atom. The van der Waals surface area contributed by atoms with Crippen LogP contribution in [0.4, 0.5) is 10.1 Å². The highest BCUT2D eigenvalue weighted by Gasteiger charge is 2.35. The fourth-order valence-electron chi connectivity index (χ4n) is 3.99. The van der Waals surface area contributed by atoms with Gasteiger partial charge in [0.1, 0.15) is 17.7 Å². The van der Waals surface area contributed by atoms with Crippen molar-refractivity contribution in [3.8, 4) is 0 Å². The highest BCUT2D eigenvalue weighted by atomic mass is 35.5. The largest absolute Gasteiger partial charge is 0.351 e. The Morgan fingerprint density at radius 3 is 2.43 bits per heavy atom. The van der Waals surface area contributed by atoms with Crippen LogP contribution in [0.15, 0.2) is 48.5 Å². The van der Waals surface area contributed by atoms with Crippen molar-refractivity contribution >= 4 is 40.7 Å². The molecule has 2 aromatic rings. The van der Waals surface area contributed by atoms with E-state index < -0.39 is 17.8 Å². The molecule has 0 aliphatic heterocycles. The lowest BCUT2D eigenvalue weighted by Gasteiger charge is -2.35. The summed E-state index contributed by atoms with van der Waals surface area (Å²) in [7, 11) is 0. The Morgan fingerprint density at radius 2 is 1.80 bits per heavy atom. The molecule has 2 amide bonds. The molecule has 3 unspecified atom stereocenters. The Kier molecular flexibility index (Phi) is 7.73. The van der Waals surface area contributed by atoms with Crippen LogP contribution in [0.25, 0.3) is 0 Å². The molecule has 0 aromatic heterocycles. The highest BCUT2D eigenvalue weighted by molar-refractivity contribution is 6.32. The number of hydrogen-bond acceptors (Lipinski definition) is 2. The summed E-state index contributed by atoms with van der Waals surface area (Å²) in [6, 6.07) is 11.3. The average molecular weight is 451 g/mol. The van der Waals surface area contributed by atoms with E-state index in [4.69, 9.17) is 23.2 Å². The van der Waals surface area contributed by atoms with E-state index in [1.54, 1.807) is 24.3 Å². The summed E-state index contributed by atoms with van der Waals surface area (Å²) in [5.74, 6) is -1.22. The lowest BCUT2D eigenvalue weighted by molar-refractivity contribution is -0.126. The van der Waals surface area contributed by atoms with Crippen molar-refractivity contribution in [2.75, 3.05) is 10.8 Å². The lowest BCUT2D eigenvalue weighted by Crippen LogP contribution is -2.49. The van der Waals surface area contributed by atoms with Gasteiger partial charge in [-0.05, 0) is 49.1 Å². The molecule has 1 N–H and O–H groups in total. The van der Waals surface area contributed by atoms with Gasteiger partial charge in [0.15, 0.2) is 0 Å². The fraction of sp³-hybridized carbons (Fsp3) is 0.391. The first-order chi connectivity index (χ1) is 14.4. The number of amides is 2. The van der Waals surface area contributed by atoms with Gasteiger partial charge in [-0.1, -0.05) is 49.6 Å².